The van der Waals surface area contributed by atoms with E-state index in [4.69, 9.17) is 4.98 Å². The van der Waals surface area contributed by atoms with Gasteiger partial charge < -0.3 is 9.88 Å². The van der Waals surface area contributed by atoms with Crippen LogP contribution in [0.2, 0.25) is 0 Å². The van der Waals surface area contributed by atoms with E-state index in [0.29, 0.717) is 0 Å². The summed E-state index contributed by atoms with van der Waals surface area (Å²) < 4.78 is 0. The number of hydrogen-bond donors (Lipinski definition) is 1. The van der Waals surface area contributed by atoms with Crippen LogP contribution in [0.5, 0.6) is 0 Å². The number of aromatic amines is 1. The molecule has 2 aromatic heterocycles. The van der Waals surface area contributed by atoms with Gasteiger partial charge in [-0.2, -0.15) is 0 Å². The van der Waals surface area contributed by atoms with E-state index < -0.39 is 0 Å². The van der Waals surface area contributed by atoms with E-state index in [1.807, 2.05) is 0 Å². The molecule has 0 bridgehead atoms. The number of aromatic nitrogens is 2. The Morgan fingerprint density at radius 2 is 1.72 bits per heavy atom. The Balaban J connectivity index is 1.48. The van der Waals surface area contributed by atoms with Gasteiger partial charge in [-0.3, -0.25) is 0 Å². The molecule has 0 amide bonds. The first-order valence-corrected chi connectivity index (χ1v) is 9.64. The van der Waals surface area contributed by atoms with Crippen molar-refractivity contribution in [3.8, 4) is 21.8 Å². The number of rotatable bonds is 3. The first kappa shape index (κ1) is 14.7. The summed E-state index contributed by atoms with van der Waals surface area (Å²) in [5.74, 6) is 0.936. The maximum Gasteiger partial charge on any atom is 0.138 e. The Bertz CT molecular complexity index is 993. The Labute approximate surface area is 151 Å². The third kappa shape index (κ3) is 2.72. The lowest BCUT2D eigenvalue weighted by Gasteiger charge is -2.17. The Morgan fingerprint density at radius 1 is 0.920 bits per heavy atom. The molecular formula is C21H19N3S. The van der Waals surface area contributed by atoms with Crippen LogP contribution in [0.15, 0.2) is 60.0 Å². The number of nitrogens with one attached hydrogen (secondary N) is 1. The minimum Gasteiger partial charge on any atom is -0.372 e. The van der Waals surface area contributed by atoms with Gasteiger partial charge in [0.25, 0.3) is 0 Å². The molecule has 4 heteroatoms. The summed E-state index contributed by atoms with van der Waals surface area (Å²) in [5.41, 5.74) is 5.79. The van der Waals surface area contributed by atoms with Gasteiger partial charge >= 0.3 is 0 Å². The average molecular weight is 345 g/mol. The quantitative estimate of drug-likeness (QED) is 0.527. The minimum atomic E-state index is 0.936. The molecule has 0 aliphatic carbocycles. The van der Waals surface area contributed by atoms with Crippen molar-refractivity contribution in [3.05, 3.63) is 60.0 Å². The normalized spacial score (nSPS) is 14.5. The summed E-state index contributed by atoms with van der Waals surface area (Å²) in [6, 6.07) is 19.5. The van der Waals surface area contributed by atoms with Crippen molar-refractivity contribution in [2.24, 2.45) is 0 Å². The van der Waals surface area contributed by atoms with E-state index >= 15 is 0 Å². The minimum absolute atomic E-state index is 0.936. The van der Waals surface area contributed by atoms with Gasteiger partial charge in [-0.05, 0) is 66.2 Å². The van der Waals surface area contributed by atoms with Crippen LogP contribution in [0, 0.1) is 0 Å². The van der Waals surface area contributed by atoms with Gasteiger partial charge in [0.15, 0.2) is 0 Å². The van der Waals surface area contributed by atoms with Crippen molar-refractivity contribution < 1.29 is 0 Å². The predicted octanol–water partition coefficient (Wildman–Crippen LogP) is 5.56. The second-order valence-electron chi connectivity index (χ2n) is 6.54. The third-order valence-electron chi connectivity index (χ3n) is 4.90. The van der Waals surface area contributed by atoms with E-state index in [1.54, 1.807) is 11.3 Å². The van der Waals surface area contributed by atoms with Gasteiger partial charge in [0, 0.05) is 29.2 Å². The molecule has 124 valence electrons. The van der Waals surface area contributed by atoms with E-state index in [9.17, 15) is 0 Å². The van der Waals surface area contributed by atoms with Crippen molar-refractivity contribution in [2.75, 3.05) is 18.0 Å². The lowest BCUT2D eigenvalue weighted by atomic mass is 10.2. The highest BCUT2D eigenvalue weighted by atomic mass is 32.1. The van der Waals surface area contributed by atoms with Gasteiger partial charge in [0.05, 0.1) is 11.0 Å². The Hall–Kier alpha value is -2.59. The van der Waals surface area contributed by atoms with E-state index in [-0.39, 0.29) is 0 Å². The van der Waals surface area contributed by atoms with Crippen LogP contribution in [0.4, 0.5) is 5.69 Å². The summed E-state index contributed by atoms with van der Waals surface area (Å²) in [5, 5.41) is 2.11. The van der Waals surface area contributed by atoms with Crippen LogP contribution in [-0.2, 0) is 0 Å². The lowest BCUT2D eigenvalue weighted by Crippen LogP contribution is -2.17. The second-order valence-corrected chi connectivity index (χ2v) is 7.48. The van der Waals surface area contributed by atoms with Crippen LogP contribution >= 0.6 is 11.3 Å². The van der Waals surface area contributed by atoms with Crippen LogP contribution < -0.4 is 4.90 Å². The molecule has 4 aromatic rings. The average Bonchev–Trinajstić information content (AvgIpc) is 3.42. The first-order chi connectivity index (χ1) is 12.4. The zero-order chi connectivity index (χ0) is 16.6. The summed E-state index contributed by atoms with van der Waals surface area (Å²) in [4.78, 5) is 12.0. The molecule has 0 spiro atoms. The number of benzene rings is 2. The molecule has 0 radical (unpaired) electrons. The summed E-state index contributed by atoms with van der Waals surface area (Å²) in [6.45, 7) is 2.35. The molecule has 1 aliphatic heterocycles. The van der Waals surface area contributed by atoms with Crippen molar-refractivity contribution in [1.82, 2.24) is 9.97 Å². The van der Waals surface area contributed by atoms with Crippen molar-refractivity contribution in [3.63, 3.8) is 0 Å². The van der Waals surface area contributed by atoms with Gasteiger partial charge in [0.2, 0.25) is 0 Å². The SMILES string of the molecule is c1csc(-c2ccc3nc(-c4ccc(N5CCCC5)cc4)[nH]c3c2)c1. The van der Waals surface area contributed by atoms with Crippen molar-refractivity contribution in [2.45, 2.75) is 12.8 Å². The van der Waals surface area contributed by atoms with Gasteiger partial charge in [-0.25, -0.2) is 4.98 Å². The predicted molar refractivity (Wildman–Crippen MR) is 106 cm³/mol. The number of nitrogens with zero attached hydrogens (tertiary/aromatic N) is 2. The zero-order valence-corrected chi connectivity index (χ0v) is 14.7. The summed E-state index contributed by atoms with van der Waals surface area (Å²) in [7, 11) is 0. The molecule has 1 fully saturated rings. The molecule has 1 aliphatic rings. The molecule has 0 unspecified atom stereocenters. The highest BCUT2D eigenvalue weighted by molar-refractivity contribution is 7.13. The number of imidazole rings is 1. The number of thiophene rings is 1. The molecule has 25 heavy (non-hydrogen) atoms. The van der Waals surface area contributed by atoms with Gasteiger partial charge in [-0.1, -0.05) is 12.1 Å². The molecular weight excluding hydrogens is 326 g/mol. The van der Waals surface area contributed by atoms with Gasteiger partial charge in [0.1, 0.15) is 5.82 Å². The summed E-state index contributed by atoms with van der Waals surface area (Å²) in [6.07, 6.45) is 2.61. The largest absolute Gasteiger partial charge is 0.372 e. The fraction of sp³-hybridized carbons (Fsp3) is 0.190. The number of anilines is 1. The standard InChI is InChI=1S/C21H19N3S/c1-2-12-24(11-1)17-8-5-15(6-9-17)21-22-18-10-7-16(14-19(18)23-21)20-4-3-13-25-20/h3-10,13-14H,1-2,11-12H2,(H,22,23). The topological polar surface area (TPSA) is 31.9 Å². The van der Waals surface area contributed by atoms with Gasteiger partial charge in [-0.15, -0.1) is 11.3 Å². The van der Waals surface area contributed by atoms with Crippen LogP contribution in [0.3, 0.4) is 0 Å². The molecule has 0 saturated carbocycles. The lowest BCUT2D eigenvalue weighted by molar-refractivity contribution is 0.949. The first-order valence-electron chi connectivity index (χ1n) is 8.76. The van der Waals surface area contributed by atoms with Crippen molar-refractivity contribution >= 4 is 28.1 Å². The molecule has 3 heterocycles. The van der Waals surface area contributed by atoms with Crippen LogP contribution in [0.25, 0.3) is 32.9 Å². The molecule has 1 N–H and O–H groups in total. The smallest absolute Gasteiger partial charge is 0.138 e. The molecule has 0 atom stereocenters. The molecule has 5 rings (SSSR count). The Kier molecular flexibility index (Phi) is 3.56. The maximum atomic E-state index is 4.77. The fourth-order valence-corrected chi connectivity index (χ4v) is 4.27. The molecule has 2 aromatic carbocycles. The monoisotopic (exact) mass is 345 g/mol. The van der Waals surface area contributed by atoms with E-state index in [1.165, 1.54) is 42.1 Å². The van der Waals surface area contributed by atoms with Crippen LogP contribution in [0.1, 0.15) is 12.8 Å². The van der Waals surface area contributed by atoms with E-state index in [0.717, 1.165) is 22.4 Å². The fourth-order valence-electron chi connectivity index (χ4n) is 3.55. The summed E-state index contributed by atoms with van der Waals surface area (Å²) >= 11 is 1.76. The highest BCUT2D eigenvalue weighted by Gasteiger charge is 2.13. The highest BCUT2D eigenvalue weighted by Crippen LogP contribution is 2.29. The van der Waals surface area contributed by atoms with Crippen LogP contribution in [-0.4, -0.2) is 23.1 Å². The Morgan fingerprint density at radius 3 is 2.48 bits per heavy atom. The third-order valence-corrected chi connectivity index (χ3v) is 5.82. The maximum absolute atomic E-state index is 4.77. The number of hydrogen-bond acceptors (Lipinski definition) is 3. The second kappa shape index (κ2) is 6.05. The molecule has 3 nitrogen and oxygen atoms in total. The van der Waals surface area contributed by atoms with Crippen molar-refractivity contribution in [1.29, 1.82) is 0 Å². The molecule has 1 saturated heterocycles. The number of H-pyrrole nitrogens is 1. The zero-order valence-electron chi connectivity index (χ0n) is 13.9. The number of fused-ring (bicyclic) bond motifs is 1. The van der Waals surface area contributed by atoms with E-state index in [2.05, 4.69) is 69.9 Å².